The number of halogens is 1. The Morgan fingerprint density at radius 3 is 2.86 bits per heavy atom. The Labute approximate surface area is 137 Å². The summed E-state index contributed by atoms with van der Waals surface area (Å²) in [6.07, 6.45) is 0.836. The van der Waals surface area contributed by atoms with Crippen molar-refractivity contribution in [2.45, 2.75) is 23.1 Å². The van der Waals surface area contributed by atoms with Gasteiger partial charge in [-0.2, -0.15) is 0 Å². The van der Waals surface area contributed by atoms with Crippen LogP contribution < -0.4 is 0 Å². The first kappa shape index (κ1) is 14.7. The molecule has 108 valence electrons. The Morgan fingerprint density at radius 1 is 1.29 bits per heavy atom. The first-order valence-electron chi connectivity index (χ1n) is 6.87. The van der Waals surface area contributed by atoms with Crippen LogP contribution in [0.1, 0.15) is 11.1 Å². The molecular weight excluding hydrogens is 346 g/mol. The van der Waals surface area contributed by atoms with Gasteiger partial charge in [0.05, 0.1) is 5.25 Å². The lowest BCUT2D eigenvalue weighted by molar-refractivity contribution is -0.129. The maximum Gasteiger partial charge on any atom is 0.236 e. The minimum atomic E-state index is 0.0135. The summed E-state index contributed by atoms with van der Waals surface area (Å²) >= 11 is 5.15. The van der Waals surface area contributed by atoms with Crippen molar-refractivity contribution in [3.8, 4) is 0 Å². The van der Waals surface area contributed by atoms with Crippen LogP contribution >= 0.6 is 27.7 Å². The van der Waals surface area contributed by atoms with Crippen LogP contribution in [0, 0.1) is 0 Å². The molecule has 0 saturated heterocycles. The van der Waals surface area contributed by atoms with Gasteiger partial charge in [-0.15, -0.1) is 11.8 Å². The largest absolute Gasteiger partial charge is 0.340 e. The molecule has 21 heavy (non-hydrogen) atoms. The lowest BCUT2D eigenvalue weighted by Gasteiger charge is -2.20. The molecule has 0 spiro atoms. The number of carbonyl (C=O) groups is 1. The molecular formula is C17H16BrNOS. The molecule has 1 aliphatic rings. The summed E-state index contributed by atoms with van der Waals surface area (Å²) in [6, 6.07) is 16.4. The topological polar surface area (TPSA) is 20.3 Å². The van der Waals surface area contributed by atoms with Gasteiger partial charge in [0.25, 0.3) is 0 Å². The maximum atomic E-state index is 12.6. The van der Waals surface area contributed by atoms with E-state index in [1.54, 1.807) is 11.8 Å². The summed E-state index contributed by atoms with van der Waals surface area (Å²) in [6.45, 7) is 0.645. The van der Waals surface area contributed by atoms with E-state index in [0.717, 1.165) is 16.5 Å². The highest BCUT2D eigenvalue weighted by atomic mass is 79.9. The van der Waals surface area contributed by atoms with E-state index in [0.29, 0.717) is 6.54 Å². The van der Waals surface area contributed by atoms with Crippen molar-refractivity contribution in [2.75, 3.05) is 7.05 Å². The highest BCUT2D eigenvalue weighted by Crippen LogP contribution is 2.37. The standard InChI is InChI=1S/C17H16BrNOS/c1-19(11-12-5-4-7-14(18)9-12)17(20)16-10-13-6-2-3-8-15(13)21-16/h2-9,16H,10-11H2,1H3. The minimum absolute atomic E-state index is 0.0135. The third kappa shape index (κ3) is 3.33. The lowest BCUT2D eigenvalue weighted by atomic mass is 10.1. The molecule has 0 radical (unpaired) electrons. The molecule has 1 unspecified atom stereocenters. The van der Waals surface area contributed by atoms with Gasteiger partial charge >= 0.3 is 0 Å². The van der Waals surface area contributed by atoms with Gasteiger partial charge in [0.15, 0.2) is 0 Å². The molecule has 0 N–H and O–H groups in total. The predicted molar refractivity (Wildman–Crippen MR) is 90.4 cm³/mol. The number of rotatable bonds is 3. The molecule has 2 aromatic rings. The Kier molecular flexibility index (Phi) is 4.36. The Morgan fingerprint density at radius 2 is 2.10 bits per heavy atom. The summed E-state index contributed by atoms with van der Waals surface area (Å²) < 4.78 is 1.04. The second-order valence-corrected chi connectivity index (χ2v) is 7.40. The summed E-state index contributed by atoms with van der Waals surface area (Å²) in [4.78, 5) is 15.7. The van der Waals surface area contributed by atoms with Gasteiger partial charge in [-0.05, 0) is 35.7 Å². The second kappa shape index (κ2) is 6.24. The molecule has 1 atom stereocenters. The van der Waals surface area contributed by atoms with Gasteiger partial charge in [-0.1, -0.05) is 46.3 Å². The van der Waals surface area contributed by atoms with Gasteiger partial charge in [-0.25, -0.2) is 0 Å². The van der Waals surface area contributed by atoms with Crippen molar-refractivity contribution in [1.82, 2.24) is 4.90 Å². The predicted octanol–water partition coefficient (Wildman–Crippen LogP) is 4.12. The average Bonchev–Trinajstić information content (AvgIpc) is 2.90. The SMILES string of the molecule is CN(Cc1cccc(Br)c1)C(=O)C1Cc2ccccc2S1. The number of carbonyl (C=O) groups excluding carboxylic acids is 1. The van der Waals surface area contributed by atoms with Crippen molar-refractivity contribution in [3.63, 3.8) is 0 Å². The molecule has 1 aliphatic heterocycles. The van der Waals surface area contributed by atoms with Crippen LogP contribution in [0.25, 0.3) is 0 Å². The van der Waals surface area contributed by atoms with Crippen LogP contribution in [0.2, 0.25) is 0 Å². The van der Waals surface area contributed by atoms with E-state index in [1.165, 1.54) is 10.5 Å². The zero-order valence-electron chi connectivity index (χ0n) is 11.8. The first-order chi connectivity index (χ1) is 10.1. The van der Waals surface area contributed by atoms with E-state index in [2.05, 4.69) is 34.1 Å². The number of thioether (sulfide) groups is 1. The summed E-state index contributed by atoms with van der Waals surface area (Å²) in [5.41, 5.74) is 2.43. The number of amides is 1. The van der Waals surface area contributed by atoms with Gasteiger partial charge in [0.1, 0.15) is 0 Å². The maximum absolute atomic E-state index is 12.6. The third-order valence-electron chi connectivity index (χ3n) is 3.61. The fraction of sp³-hybridized carbons (Fsp3) is 0.235. The van der Waals surface area contributed by atoms with Gasteiger partial charge < -0.3 is 4.90 Å². The molecule has 4 heteroatoms. The van der Waals surface area contributed by atoms with Crippen LogP contribution in [0.15, 0.2) is 57.9 Å². The summed E-state index contributed by atoms with van der Waals surface area (Å²) in [5, 5.41) is 0.0135. The van der Waals surface area contributed by atoms with E-state index in [4.69, 9.17) is 0 Å². The quantitative estimate of drug-likeness (QED) is 0.819. The van der Waals surface area contributed by atoms with E-state index in [9.17, 15) is 4.79 Å². The smallest absolute Gasteiger partial charge is 0.236 e. The molecule has 0 bridgehead atoms. The molecule has 1 heterocycles. The molecule has 0 aliphatic carbocycles. The highest BCUT2D eigenvalue weighted by molar-refractivity contribution is 9.10. The first-order valence-corrected chi connectivity index (χ1v) is 8.55. The average molecular weight is 362 g/mol. The molecule has 0 fully saturated rings. The summed E-state index contributed by atoms with van der Waals surface area (Å²) in [7, 11) is 1.88. The monoisotopic (exact) mass is 361 g/mol. The van der Waals surface area contributed by atoms with Crippen LogP contribution in [0.3, 0.4) is 0 Å². The van der Waals surface area contributed by atoms with Gasteiger partial charge in [0, 0.05) is 23.0 Å². The highest BCUT2D eigenvalue weighted by Gasteiger charge is 2.29. The molecule has 2 aromatic carbocycles. The molecule has 0 aromatic heterocycles. The van der Waals surface area contributed by atoms with Crippen molar-refractivity contribution in [3.05, 3.63) is 64.1 Å². The molecule has 0 saturated carbocycles. The van der Waals surface area contributed by atoms with Crippen molar-refractivity contribution < 1.29 is 4.79 Å². The van der Waals surface area contributed by atoms with Crippen LogP contribution in [-0.4, -0.2) is 23.1 Å². The lowest BCUT2D eigenvalue weighted by Crippen LogP contribution is -2.34. The van der Waals surface area contributed by atoms with E-state index < -0.39 is 0 Å². The number of hydrogen-bond acceptors (Lipinski definition) is 2. The van der Waals surface area contributed by atoms with Crippen molar-refractivity contribution in [2.24, 2.45) is 0 Å². The molecule has 2 nitrogen and oxygen atoms in total. The van der Waals surface area contributed by atoms with Crippen LogP contribution in [0.4, 0.5) is 0 Å². The van der Waals surface area contributed by atoms with Crippen LogP contribution in [0.5, 0.6) is 0 Å². The zero-order chi connectivity index (χ0) is 14.8. The zero-order valence-corrected chi connectivity index (χ0v) is 14.2. The second-order valence-electron chi connectivity index (χ2n) is 5.24. The Hall–Kier alpha value is -1.26. The van der Waals surface area contributed by atoms with E-state index in [1.807, 2.05) is 42.3 Å². The van der Waals surface area contributed by atoms with E-state index in [-0.39, 0.29) is 11.2 Å². The number of benzene rings is 2. The Balaban J connectivity index is 1.66. The molecule has 3 rings (SSSR count). The van der Waals surface area contributed by atoms with Crippen molar-refractivity contribution >= 4 is 33.6 Å². The van der Waals surface area contributed by atoms with Crippen LogP contribution in [-0.2, 0) is 17.8 Å². The van der Waals surface area contributed by atoms with Crippen molar-refractivity contribution in [1.29, 1.82) is 0 Å². The Bertz CT molecular complexity index is 648. The molecule has 1 amide bonds. The fourth-order valence-electron chi connectivity index (χ4n) is 2.55. The third-order valence-corrected chi connectivity index (χ3v) is 5.41. The van der Waals surface area contributed by atoms with Gasteiger partial charge in [-0.3, -0.25) is 4.79 Å². The number of hydrogen-bond donors (Lipinski definition) is 0. The summed E-state index contributed by atoms with van der Waals surface area (Å²) in [5.74, 6) is 0.205. The number of fused-ring (bicyclic) bond motifs is 1. The fourth-order valence-corrected chi connectivity index (χ4v) is 4.31. The normalized spacial score (nSPS) is 16.6. The number of nitrogens with zero attached hydrogens (tertiary/aromatic N) is 1. The minimum Gasteiger partial charge on any atom is -0.340 e. The van der Waals surface area contributed by atoms with E-state index >= 15 is 0 Å². The van der Waals surface area contributed by atoms with Gasteiger partial charge in [0.2, 0.25) is 5.91 Å².